The van der Waals surface area contributed by atoms with Crippen molar-refractivity contribution < 1.29 is 13.6 Å². The van der Waals surface area contributed by atoms with Crippen LogP contribution < -0.4 is 5.73 Å². The minimum Gasteiger partial charge on any atom is -0.398 e. The maximum atomic E-state index is 13.3. The first-order valence-corrected chi connectivity index (χ1v) is 6.99. The van der Waals surface area contributed by atoms with E-state index in [1.165, 1.54) is 0 Å². The van der Waals surface area contributed by atoms with Gasteiger partial charge in [0.05, 0.1) is 5.56 Å². The predicted molar refractivity (Wildman–Crippen MR) is 78.0 cm³/mol. The number of carbonyl (C=O) groups excluding carboxylic acids is 1. The highest BCUT2D eigenvalue weighted by Crippen LogP contribution is 2.21. The van der Waals surface area contributed by atoms with Crippen molar-refractivity contribution in [3.05, 3.63) is 29.3 Å². The molecule has 6 heteroatoms. The fourth-order valence-corrected chi connectivity index (χ4v) is 2.50. The summed E-state index contributed by atoms with van der Waals surface area (Å²) in [5.74, 6) is -2.44. The second-order valence-electron chi connectivity index (χ2n) is 6.30. The highest BCUT2D eigenvalue weighted by atomic mass is 19.2. The number of nitrogen functional groups attached to an aromatic ring is 1. The first-order valence-electron chi connectivity index (χ1n) is 6.99. The van der Waals surface area contributed by atoms with Crippen LogP contribution in [0, 0.1) is 11.6 Å². The number of benzene rings is 1. The molecule has 0 unspecified atom stereocenters. The molecule has 1 aromatic carbocycles. The van der Waals surface area contributed by atoms with E-state index in [9.17, 15) is 13.6 Å². The number of nitrogens with two attached hydrogens (primary N) is 1. The summed E-state index contributed by atoms with van der Waals surface area (Å²) in [7, 11) is 0. The van der Waals surface area contributed by atoms with Crippen LogP contribution in [0.15, 0.2) is 12.1 Å². The zero-order chi connectivity index (χ0) is 15.8. The maximum Gasteiger partial charge on any atom is 0.256 e. The van der Waals surface area contributed by atoms with Crippen molar-refractivity contribution in [2.24, 2.45) is 0 Å². The van der Waals surface area contributed by atoms with E-state index in [0.29, 0.717) is 13.1 Å². The maximum absolute atomic E-state index is 13.3. The Labute approximate surface area is 123 Å². The number of anilines is 1. The molecular formula is C15H21F2N3O. The second-order valence-corrected chi connectivity index (χ2v) is 6.30. The lowest BCUT2D eigenvalue weighted by molar-refractivity contribution is 0.0451. The first-order chi connectivity index (χ1) is 9.70. The predicted octanol–water partition coefficient (Wildman–Crippen LogP) is 2.10. The van der Waals surface area contributed by atoms with Gasteiger partial charge in [-0.05, 0) is 26.8 Å². The van der Waals surface area contributed by atoms with E-state index >= 15 is 0 Å². The third-order valence-corrected chi connectivity index (χ3v) is 3.84. The molecule has 2 N–H and O–H groups in total. The van der Waals surface area contributed by atoms with Crippen molar-refractivity contribution >= 4 is 11.6 Å². The lowest BCUT2D eigenvalue weighted by atomic mass is 10.0. The first kappa shape index (κ1) is 15.7. The molecule has 1 amide bonds. The van der Waals surface area contributed by atoms with Crippen LogP contribution in [-0.2, 0) is 0 Å². The van der Waals surface area contributed by atoms with Crippen molar-refractivity contribution in [2.45, 2.75) is 26.3 Å². The number of piperazine rings is 1. The molecule has 0 bridgehead atoms. The zero-order valence-corrected chi connectivity index (χ0v) is 12.6. The van der Waals surface area contributed by atoms with Crippen LogP contribution in [0.1, 0.15) is 31.1 Å². The van der Waals surface area contributed by atoms with Gasteiger partial charge in [-0.25, -0.2) is 8.78 Å². The van der Waals surface area contributed by atoms with E-state index in [1.54, 1.807) is 4.90 Å². The molecule has 0 aromatic heterocycles. The molecule has 0 saturated carbocycles. The second kappa shape index (κ2) is 5.60. The lowest BCUT2D eigenvalue weighted by Crippen LogP contribution is -2.54. The Kier molecular flexibility index (Phi) is 4.18. The minimum atomic E-state index is -1.05. The Bertz CT molecular complexity index is 547. The quantitative estimate of drug-likeness (QED) is 0.808. The normalized spacial score (nSPS) is 17.1. The summed E-state index contributed by atoms with van der Waals surface area (Å²) in [5.41, 5.74) is 5.68. The monoisotopic (exact) mass is 297 g/mol. The minimum absolute atomic E-state index is 0.0260. The summed E-state index contributed by atoms with van der Waals surface area (Å²) in [6.07, 6.45) is 0. The highest BCUT2D eigenvalue weighted by molar-refractivity contribution is 5.99. The summed E-state index contributed by atoms with van der Waals surface area (Å²) in [4.78, 5) is 16.3. The van der Waals surface area contributed by atoms with Gasteiger partial charge in [0.15, 0.2) is 11.6 Å². The third kappa shape index (κ3) is 3.32. The van der Waals surface area contributed by atoms with E-state index in [2.05, 4.69) is 25.7 Å². The molecule has 1 heterocycles. The number of hydrogen-bond donors (Lipinski definition) is 1. The van der Waals surface area contributed by atoms with Crippen LogP contribution in [0.25, 0.3) is 0 Å². The fourth-order valence-electron chi connectivity index (χ4n) is 2.50. The van der Waals surface area contributed by atoms with Crippen LogP contribution in [0.2, 0.25) is 0 Å². The Morgan fingerprint density at radius 2 is 1.62 bits per heavy atom. The highest BCUT2D eigenvalue weighted by Gasteiger charge is 2.29. The van der Waals surface area contributed by atoms with Crippen molar-refractivity contribution in [2.75, 3.05) is 31.9 Å². The third-order valence-electron chi connectivity index (χ3n) is 3.84. The van der Waals surface area contributed by atoms with Crippen molar-refractivity contribution in [1.29, 1.82) is 0 Å². The zero-order valence-electron chi connectivity index (χ0n) is 12.6. The molecule has 1 saturated heterocycles. The van der Waals surface area contributed by atoms with E-state index in [1.807, 2.05) is 0 Å². The average Bonchev–Trinajstić information content (AvgIpc) is 2.41. The number of carbonyl (C=O) groups is 1. The molecule has 1 aliphatic rings. The van der Waals surface area contributed by atoms with Gasteiger partial charge in [-0.3, -0.25) is 9.69 Å². The van der Waals surface area contributed by atoms with Gasteiger partial charge >= 0.3 is 0 Å². The SMILES string of the molecule is CC(C)(C)N1CCN(C(=O)c2cc(F)c(F)cc2N)CC1. The molecule has 1 fully saturated rings. The van der Waals surface area contributed by atoms with Gasteiger partial charge in [-0.15, -0.1) is 0 Å². The van der Waals surface area contributed by atoms with Gasteiger partial charge in [0.1, 0.15) is 0 Å². The van der Waals surface area contributed by atoms with Crippen molar-refractivity contribution in [3.8, 4) is 0 Å². The van der Waals surface area contributed by atoms with Gasteiger partial charge < -0.3 is 10.6 Å². The largest absolute Gasteiger partial charge is 0.398 e. The number of nitrogens with zero attached hydrogens (tertiary/aromatic N) is 2. The smallest absolute Gasteiger partial charge is 0.256 e. The van der Waals surface area contributed by atoms with Crippen LogP contribution in [-0.4, -0.2) is 47.4 Å². The lowest BCUT2D eigenvalue weighted by Gasteiger charge is -2.42. The fraction of sp³-hybridized carbons (Fsp3) is 0.533. The molecule has 2 rings (SSSR count). The van der Waals surface area contributed by atoms with Gasteiger partial charge in [0.25, 0.3) is 5.91 Å². The molecule has 0 radical (unpaired) electrons. The Hall–Kier alpha value is -1.69. The molecule has 1 aliphatic heterocycles. The topological polar surface area (TPSA) is 49.6 Å². The summed E-state index contributed by atoms with van der Waals surface area (Å²) in [5, 5.41) is 0. The van der Waals surface area contributed by atoms with Gasteiger partial charge in [0, 0.05) is 43.5 Å². The molecule has 0 atom stereocenters. The average molecular weight is 297 g/mol. The molecule has 0 aliphatic carbocycles. The van der Waals surface area contributed by atoms with Gasteiger partial charge in [-0.2, -0.15) is 0 Å². The number of rotatable bonds is 1. The van der Waals surface area contributed by atoms with Crippen LogP contribution in [0.3, 0.4) is 0 Å². The number of amides is 1. The van der Waals surface area contributed by atoms with Crippen molar-refractivity contribution in [3.63, 3.8) is 0 Å². The van der Waals surface area contributed by atoms with E-state index in [-0.39, 0.29) is 22.7 Å². The number of halogens is 2. The molecular weight excluding hydrogens is 276 g/mol. The summed E-state index contributed by atoms with van der Waals surface area (Å²) in [6, 6.07) is 1.73. The van der Waals surface area contributed by atoms with E-state index in [0.717, 1.165) is 25.2 Å². The standard InChI is InChI=1S/C15H21F2N3O/c1-15(2,3)20-6-4-19(5-7-20)14(21)10-8-11(16)12(17)9-13(10)18/h8-9H,4-7,18H2,1-3H3. The van der Waals surface area contributed by atoms with Crippen LogP contribution in [0.4, 0.5) is 14.5 Å². The van der Waals surface area contributed by atoms with Crippen LogP contribution >= 0.6 is 0 Å². The molecule has 4 nitrogen and oxygen atoms in total. The van der Waals surface area contributed by atoms with Gasteiger partial charge in [-0.1, -0.05) is 0 Å². The van der Waals surface area contributed by atoms with Gasteiger partial charge in [0.2, 0.25) is 0 Å². The molecule has 1 aromatic rings. The van der Waals surface area contributed by atoms with E-state index in [4.69, 9.17) is 5.73 Å². The summed E-state index contributed by atoms with van der Waals surface area (Å²) < 4.78 is 26.4. The Balaban J connectivity index is 2.11. The van der Waals surface area contributed by atoms with Crippen LogP contribution in [0.5, 0.6) is 0 Å². The molecule has 116 valence electrons. The summed E-state index contributed by atoms with van der Waals surface area (Å²) >= 11 is 0. The van der Waals surface area contributed by atoms with Crippen molar-refractivity contribution in [1.82, 2.24) is 9.80 Å². The number of hydrogen-bond acceptors (Lipinski definition) is 3. The van der Waals surface area contributed by atoms with E-state index < -0.39 is 11.6 Å². The molecule has 0 spiro atoms. The molecule has 21 heavy (non-hydrogen) atoms. The Morgan fingerprint density at radius 3 is 2.14 bits per heavy atom. The Morgan fingerprint density at radius 1 is 1.10 bits per heavy atom. The summed E-state index contributed by atoms with van der Waals surface area (Å²) in [6.45, 7) is 8.97.